The normalized spacial score (nSPS) is 24.4. The lowest BCUT2D eigenvalue weighted by atomic mass is 9.83. The SMILES string of the molecule is Cc1ccc2c(c1O)C[C@@H](C1CCN(CCCC(N)=O)CC1)O[C@H]2CN. The van der Waals surface area contributed by atoms with E-state index in [1.807, 2.05) is 19.1 Å². The molecule has 5 N–H and O–H groups in total. The maximum absolute atomic E-state index is 10.9. The van der Waals surface area contributed by atoms with E-state index >= 15 is 0 Å². The van der Waals surface area contributed by atoms with Crippen LogP contribution in [0.4, 0.5) is 0 Å². The van der Waals surface area contributed by atoms with Gasteiger partial charge in [0, 0.05) is 24.9 Å². The zero-order valence-electron chi connectivity index (χ0n) is 15.6. The smallest absolute Gasteiger partial charge is 0.217 e. The Labute approximate surface area is 155 Å². The van der Waals surface area contributed by atoms with Gasteiger partial charge in [-0.25, -0.2) is 0 Å². The molecule has 144 valence electrons. The van der Waals surface area contributed by atoms with Crippen molar-refractivity contribution in [3.8, 4) is 5.75 Å². The van der Waals surface area contributed by atoms with Crippen molar-refractivity contribution in [1.29, 1.82) is 0 Å². The van der Waals surface area contributed by atoms with Crippen LogP contribution in [0.1, 0.15) is 48.5 Å². The summed E-state index contributed by atoms with van der Waals surface area (Å²) in [5.41, 5.74) is 14.1. The molecule has 2 aliphatic rings. The molecule has 0 saturated carbocycles. The Morgan fingerprint density at radius 2 is 2.08 bits per heavy atom. The fraction of sp³-hybridized carbons (Fsp3) is 0.650. The summed E-state index contributed by atoms with van der Waals surface area (Å²) < 4.78 is 6.33. The van der Waals surface area contributed by atoms with Crippen molar-refractivity contribution in [3.63, 3.8) is 0 Å². The van der Waals surface area contributed by atoms with Crippen LogP contribution in [0, 0.1) is 12.8 Å². The molecule has 6 heteroatoms. The van der Waals surface area contributed by atoms with E-state index in [-0.39, 0.29) is 18.1 Å². The van der Waals surface area contributed by atoms with E-state index < -0.39 is 0 Å². The molecule has 1 aromatic carbocycles. The van der Waals surface area contributed by atoms with E-state index in [1.165, 1.54) is 0 Å². The van der Waals surface area contributed by atoms with Gasteiger partial charge in [0.15, 0.2) is 0 Å². The summed E-state index contributed by atoms with van der Waals surface area (Å²) in [6.07, 6.45) is 4.15. The van der Waals surface area contributed by atoms with Gasteiger partial charge in [-0.05, 0) is 62.9 Å². The topological polar surface area (TPSA) is 102 Å². The van der Waals surface area contributed by atoms with Gasteiger partial charge in [0.1, 0.15) is 5.75 Å². The van der Waals surface area contributed by atoms with E-state index in [9.17, 15) is 9.90 Å². The van der Waals surface area contributed by atoms with Crippen molar-refractivity contribution >= 4 is 5.91 Å². The van der Waals surface area contributed by atoms with Crippen molar-refractivity contribution in [2.75, 3.05) is 26.2 Å². The van der Waals surface area contributed by atoms with Gasteiger partial charge in [-0.2, -0.15) is 0 Å². The predicted octanol–water partition coefficient (Wildman–Crippen LogP) is 1.62. The van der Waals surface area contributed by atoms with E-state index in [2.05, 4.69) is 4.90 Å². The number of fused-ring (bicyclic) bond motifs is 1. The maximum Gasteiger partial charge on any atom is 0.217 e. The number of aryl methyl sites for hydroxylation is 1. The molecule has 0 aliphatic carbocycles. The number of primary amides is 1. The predicted molar refractivity (Wildman–Crippen MR) is 101 cm³/mol. The summed E-state index contributed by atoms with van der Waals surface area (Å²) in [5.74, 6) is 0.653. The number of piperidine rings is 1. The van der Waals surface area contributed by atoms with Crippen molar-refractivity contribution in [1.82, 2.24) is 4.90 Å². The van der Waals surface area contributed by atoms with E-state index in [0.717, 1.165) is 62.0 Å². The zero-order chi connectivity index (χ0) is 18.7. The average molecular weight is 361 g/mol. The van der Waals surface area contributed by atoms with Gasteiger partial charge in [0.05, 0.1) is 12.2 Å². The third-order valence-corrected chi connectivity index (χ3v) is 5.88. The first-order valence-electron chi connectivity index (χ1n) is 9.67. The lowest BCUT2D eigenvalue weighted by molar-refractivity contribution is -0.118. The van der Waals surface area contributed by atoms with Gasteiger partial charge in [-0.3, -0.25) is 4.79 Å². The van der Waals surface area contributed by atoms with Crippen LogP contribution in [0.5, 0.6) is 5.75 Å². The largest absolute Gasteiger partial charge is 0.507 e. The highest BCUT2D eigenvalue weighted by Crippen LogP contribution is 2.40. The highest BCUT2D eigenvalue weighted by Gasteiger charge is 2.35. The molecule has 2 atom stereocenters. The number of benzene rings is 1. The van der Waals surface area contributed by atoms with Gasteiger partial charge >= 0.3 is 0 Å². The summed E-state index contributed by atoms with van der Waals surface area (Å²) in [7, 11) is 0. The van der Waals surface area contributed by atoms with Crippen LogP contribution in [-0.4, -0.2) is 48.2 Å². The maximum atomic E-state index is 10.9. The number of carbonyl (C=O) groups excluding carboxylic acids is 1. The van der Waals surface area contributed by atoms with Crippen LogP contribution in [0.25, 0.3) is 0 Å². The number of nitrogens with zero attached hydrogens (tertiary/aromatic N) is 1. The second-order valence-electron chi connectivity index (χ2n) is 7.65. The van der Waals surface area contributed by atoms with Crippen molar-refractivity contribution in [2.24, 2.45) is 17.4 Å². The first kappa shape index (κ1) is 19.1. The standard InChI is InChI=1S/C20H31N3O3/c1-13-4-5-15-16(20(13)25)11-17(26-18(15)12-21)14-6-9-23(10-7-14)8-2-3-19(22)24/h4-5,14,17-18,25H,2-3,6-12,21H2,1H3,(H2,22,24)/t17-,18-/m0/s1. The number of aromatic hydroxyl groups is 1. The molecule has 1 fully saturated rings. The molecular formula is C20H31N3O3. The number of rotatable bonds is 6. The summed E-state index contributed by atoms with van der Waals surface area (Å²) >= 11 is 0. The number of likely N-dealkylation sites (tertiary alicyclic amines) is 1. The first-order valence-corrected chi connectivity index (χ1v) is 9.67. The quantitative estimate of drug-likeness (QED) is 0.715. The monoisotopic (exact) mass is 361 g/mol. The zero-order valence-corrected chi connectivity index (χ0v) is 15.6. The minimum absolute atomic E-state index is 0.108. The minimum atomic E-state index is -0.225. The highest BCUT2D eigenvalue weighted by molar-refractivity contribution is 5.73. The van der Waals surface area contributed by atoms with Crippen LogP contribution in [0.15, 0.2) is 12.1 Å². The van der Waals surface area contributed by atoms with Gasteiger partial charge in [0.2, 0.25) is 5.91 Å². The summed E-state index contributed by atoms with van der Waals surface area (Å²) in [4.78, 5) is 13.3. The van der Waals surface area contributed by atoms with Crippen LogP contribution in [0.2, 0.25) is 0 Å². The Kier molecular flexibility index (Phi) is 6.16. The fourth-order valence-corrected chi connectivity index (χ4v) is 4.30. The molecule has 1 saturated heterocycles. The second kappa shape index (κ2) is 8.37. The molecule has 1 amide bonds. The fourth-order valence-electron chi connectivity index (χ4n) is 4.30. The Bertz CT molecular complexity index is 641. The molecule has 0 aromatic heterocycles. The number of phenolic OH excluding ortho intramolecular Hbond substituents is 1. The van der Waals surface area contributed by atoms with Crippen LogP contribution in [0.3, 0.4) is 0 Å². The summed E-state index contributed by atoms with van der Waals surface area (Å²) in [5, 5.41) is 10.5. The number of hydrogen-bond acceptors (Lipinski definition) is 5. The molecule has 2 heterocycles. The third-order valence-electron chi connectivity index (χ3n) is 5.88. The molecule has 0 radical (unpaired) electrons. The third kappa shape index (κ3) is 4.19. The molecule has 6 nitrogen and oxygen atoms in total. The minimum Gasteiger partial charge on any atom is -0.507 e. The lowest BCUT2D eigenvalue weighted by Crippen LogP contribution is -2.42. The number of hydrogen-bond donors (Lipinski definition) is 3. The van der Waals surface area contributed by atoms with Crippen LogP contribution in [-0.2, 0) is 16.0 Å². The summed E-state index contributed by atoms with van der Waals surface area (Å²) in [6.45, 7) is 5.32. The Balaban J connectivity index is 1.61. The molecule has 0 bridgehead atoms. The molecule has 0 spiro atoms. The Morgan fingerprint density at radius 1 is 1.35 bits per heavy atom. The summed E-state index contributed by atoms with van der Waals surface area (Å²) in [6, 6.07) is 3.98. The number of nitrogens with two attached hydrogens (primary N) is 2. The van der Waals surface area contributed by atoms with Gasteiger partial charge < -0.3 is 26.2 Å². The van der Waals surface area contributed by atoms with Crippen molar-refractivity contribution in [2.45, 2.75) is 51.2 Å². The van der Waals surface area contributed by atoms with Crippen molar-refractivity contribution in [3.05, 3.63) is 28.8 Å². The molecule has 0 unspecified atom stereocenters. The van der Waals surface area contributed by atoms with Gasteiger partial charge in [-0.15, -0.1) is 0 Å². The molecule has 2 aliphatic heterocycles. The second-order valence-corrected chi connectivity index (χ2v) is 7.65. The van der Waals surface area contributed by atoms with E-state index in [1.54, 1.807) is 0 Å². The molecule has 26 heavy (non-hydrogen) atoms. The molecular weight excluding hydrogens is 330 g/mol. The number of phenols is 1. The Hall–Kier alpha value is -1.63. The highest BCUT2D eigenvalue weighted by atomic mass is 16.5. The van der Waals surface area contributed by atoms with Crippen molar-refractivity contribution < 1.29 is 14.6 Å². The van der Waals surface area contributed by atoms with Crippen LogP contribution >= 0.6 is 0 Å². The number of ether oxygens (including phenoxy) is 1. The first-order chi connectivity index (χ1) is 12.5. The Morgan fingerprint density at radius 3 is 2.73 bits per heavy atom. The number of amides is 1. The van der Waals surface area contributed by atoms with E-state index in [0.29, 0.717) is 24.6 Å². The molecule has 3 rings (SSSR count). The lowest BCUT2D eigenvalue weighted by Gasteiger charge is -2.40. The molecule has 1 aromatic rings. The number of carbonyl (C=O) groups is 1. The van der Waals surface area contributed by atoms with Gasteiger partial charge in [-0.1, -0.05) is 12.1 Å². The van der Waals surface area contributed by atoms with Gasteiger partial charge in [0.25, 0.3) is 0 Å². The average Bonchev–Trinajstić information content (AvgIpc) is 2.64. The van der Waals surface area contributed by atoms with Crippen LogP contribution < -0.4 is 11.5 Å². The van der Waals surface area contributed by atoms with E-state index in [4.69, 9.17) is 16.2 Å².